The van der Waals surface area contributed by atoms with E-state index in [0.29, 0.717) is 5.92 Å². The molecule has 1 aromatic heterocycles. The second-order valence-corrected chi connectivity index (χ2v) is 4.52. The Hall–Kier alpha value is -1.41. The van der Waals surface area contributed by atoms with Crippen LogP contribution in [0.3, 0.4) is 0 Å². The van der Waals surface area contributed by atoms with Crippen molar-refractivity contribution >= 4 is 11.6 Å². The predicted octanol–water partition coefficient (Wildman–Crippen LogP) is 3.87. The Morgan fingerprint density at radius 2 is 1.94 bits per heavy atom. The first kappa shape index (κ1) is 12.1. The summed E-state index contributed by atoms with van der Waals surface area (Å²) in [5.41, 5.74) is 2.34. The summed E-state index contributed by atoms with van der Waals surface area (Å²) >= 11 is 5.88. The summed E-state index contributed by atoms with van der Waals surface area (Å²) in [6.45, 7) is 2.18. The predicted molar refractivity (Wildman–Crippen MR) is 70.2 cm³/mol. The number of aromatic nitrogens is 2. The van der Waals surface area contributed by atoms with Gasteiger partial charge in [0.25, 0.3) is 0 Å². The molecule has 2 nitrogen and oxygen atoms in total. The van der Waals surface area contributed by atoms with Gasteiger partial charge in [-0.05, 0) is 42.7 Å². The smallest absolute Gasteiger partial charge is 0.0665 e. The molecule has 0 N–H and O–H groups in total. The molecule has 88 valence electrons. The normalized spacial score (nSPS) is 12.4. The van der Waals surface area contributed by atoms with Gasteiger partial charge in [-0.1, -0.05) is 30.7 Å². The van der Waals surface area contributed by atoms with E-state index >= 15 is 0 Å². The molecule has 3 heteroatoms. The summed E-state index contributed by atoms with van der Waals surface area (Å²) in [5.74, 6) is 0.421. The molecule has 0 fully saturated rings. The lowest BCUT2D eigenvalue weighted by Gasteiger charge is -2.13. The van der Waals surface area contributed by atoms with E-state index in [1.54, 1.807) is 6.20 Å². The molecule has 1 unspecified atom stereocenters. The summed E-state index contributed by atoms with van der Waals surface area (Å²) in [7, 11) is 0. The third-order valence-electron chi connectivity index (χ3n) is 2.90. The molecule has 0 spiro atoms. The summed E-state index contributed by atoms with van der Waals surface area (Å²) in [6.07, 6.45) is 3.74. The first-order valence-electron chi connectivity index (χ1n) is 5.81. The van der Waals surface area contributed by atoms with E-state index in [-0.39, 0.29) is 0 Å². The molecule has 2 aromatic rings. The molecule has 0 saturated heterocycles. The molecule has 17 heavy (non-hydrogen) atoms. The van der Waals surface area contributed by atoms with Crippen LogP contribution in [-0.4, -0.2) is 10.2 Å². The molecule has 0 aliphatic carbocycles. The largest absolute Gasteiger partial charge is 0.159 e. The van der Waals surface area contributed by atoms with Gasteiger partial charge in [-0.3, -0.25) is 0 Å². The van der Waals surface area contributed by atoms with E-state index in [9.17, 15) is 0 Å². The van der Waals surface area contributed by atoms with E-state index in [1.807, 2.05) is 24.3 Å². The van der Waals surface area contributed by atoms with Crippen molar-refractivity contribution in [1.82, 2.24) is 10.2 Å². The lowest BCUT2D eigenvalue weighted by molar-refractivity contribution is 0.628. The van der Waals surface area contributed by atoms with Gasteiger partial charge in [-0.15, -0.1) is 0 Å². The number of benzene rings is 1. The van der Waals surface area contributed by atoms with E-state index < -0.39 is 0 Å². The van der Waals surface area contributed by atoms with E-state index in [0.717, 1.165) is 23.6 Å². The van der Waals surface area contributed by atoms with Crippen LogP contribution in [-0.2, 0) is 6.42 Å². The molecule has 0 bridgehead atoms. The van der Waals surface area contributed by atoms with E-state index in [2.05, 4.69) is 29.3 Å². The van der Waals surface area contributed by atoms with Crippen LogP contribution in [0.2, 0.25) is 5.02 Å². The van der Waals surface area contributed by atoms with Crippen molar-refractivity contribution in [3.63, 3.8) is 0 Å². The van der Waals surface area contributed by atoms with Crippen molar-refractivity contribution in [3.05, 3.63) is 58.9 Å². The Balaban J connectivity index is 2.13. The first-order chi connectivity index (χ1) is 8.29. The zero-order valence-corrected chi connectivity index (χ0v) is 10.6. The average molecular weight is 247 g/mol. The second-order valence-electron chi connectivity index (χ2n) is 4.08. The van der Waals surface area contributed by atoms with Gasteiger partial charge in [0.1, 0.15) is 0 Å². The van der Waals surface area contributed by atoms with E-state index in [4.69, 9.17) is 11.6 Å². The second kappa shape index (κ2) is 5.78. The van der Waals surface area contributed by atoms with Crippen LogP contribution in [0.4, 0.5) is 0 Å². The zero-order valence-electron chi connectivity index (χ0n) is 9.81. The number of hydrogen-bond donors (Lipinski definition) is 0. The van der Waals surface area contributed by atoms with Crippen LogP contribution in [0.1, 0.15) is 30.5 Å². The lowest BCUT2D eigenvalue weighted by atomic mass is 9.94. The molecule has 1 aromatic carbocycles. The third kappa shape index (κ3) is 3.27. The van der Waals surface area contributed by atoms with Crippen LogP contribution in [0.25, 0.3) is 0 Å². The molecule has 0 aliphatic heterocycles. The monoisotopic (exact) mass is 246 g/mol. The molecule has 2 rings (SSSR count). The van der Waals surface area contributed by atoms with Gasteiger partial charge in [-0.2, -0.15) is 10.2 Å². The molecule has 1 atom stereocenters. The van der Waals surface area contributed by atoms with Gasteiger partial charge in [0.05, 0.1) is 5.69 Å². The van der Waals surface area contributed by atoms with Crippen molar-refractivity contribution in [2.45, 2.75) is 25.7 Å². The van der Waals surface area contributed by atoms with Gasteiger partial charge in [0.2, 0.25) is 0 Å². The fraction of sp³-hybridized carbons (Fsp3) is 0.286. The van der Waals surface area contributed by atoms with Gasteiger partial charge < -0.3 is 0 Å². The maximum Gasteiger partial charge on any atom is 0.0665 e. The standard InChI is InChI=1S/C14H15ClN2/c1-2-12(14-4-3-9-16-17-14)10-11-5-7-13(15)8-6-11/h3-9,12H,2,10H2,1H3. The van der Waals surface area contributed by atoms with Gasteiger partial charge in [0, 0.05) is 17.1 Å². The van der Waals surface area contributed by atoms with E-state index in [1.165, 1.54) is 5.56 Å². The van der Waals surface area contributed by atoms with Crippen LogP contribution >= 0.6 is 11.6 Å². The molecule has 0 radical (unpaired) electrons. The van der Waals surface area contributed by atoms with Crippen molar-refractivity contribution in [2.24, 2.45) is 0 Å². The highest BCUT2D eigenvalue weighted by Crippen LogP contribution is 2.22. The molecule has 0 saturated carbocycles. The minimum Gasteiger partial charge on any atom is -0.159 e. The summed E-state index contributed by atoms with van der Waals surface area (Å²) in [4.78, 5) is 0. The maximum atomic E-state index is 5.88. The summed E-state index contributed by atoms with van der Waals surface area (Å²) in [5, 5.41) is 8.90. The van der Waals surface area contributed by atoms with Crippen LogP contribution < -0.4 is 0 Å². The fourth-order valence-electron chi connectivity index (χ4n) is 1.89. The number of nitrogens with zero attached hydrogens (tertiary/aromatic N) is 2. The van der Waals surface area contributed by atoms with Crippen molar-refractivity contribution < 1.29 is 0 Å². The Morgan fingerprint density at radius 3 is 2.53 bits per heavy atom. The molecule has 0 aliphatic rings. The molecular weight excluding hydrogens is 232 g/mol. The number of hydrogen-bond acceptors (Lipinski definition) is 2. The summed E-state index contributed by atoms with van der Waals surface area (Å²) in [6, 6.07) is 12.0. The molecule has 0 amide bonds. The summed E-state index contributed by atoms with van der Waals surface area (Å²) < 4.78 is 0. The minimum atomic E-state index is 0.421. The first-order valence-corrected chi connectivity index (χ1v) is 6.19. The fourth-order valence-corrected chi connectivity index (χ4v) is 2.02. The highest BCUT2D eigenvalue weighted by atomic mass is 35.5. The van der Waals surface area contributed by atoms with Crippen molar-refractivity contribution in [1.29, 1.82) is 0 Å². The van der Waals surface area contributed by atoms with Crippen LogP contribution in [0.5, 0.6) is 0 Å². The SMILES string of the molecule is CCC(Cc1ccc(Cl)cc1)c1cccnn1. The van der Waals surface area contributed by atoms with Crippen molar-refractivity contribution in [2.75, 3.05) is 0 Å². The Labute approximate surface area is 107 Å². The Morgan fingerprint density at radius 1 is 1.18 bits per heavy atom. The quantitative estimate of drug-likeness (QED) is 0.819. The van der Waals surface area contributed by atoms with Gasteiger partial charge in [-0.25, -0.2) is 0 Å². The zero-order chi connectivity index (χ0) is 12.1. The third-order valence-corrected chi connectivity index (χ3v) is 3.15. The highest BCUT2D eigenvalue weighted by Gasteiger charge is 2.11. The highest BCUT2D eigenvalue weighted by molar-refractivity contribution is 6.30. The van der Waals surface area contributed by atoms with Crippen LogP contribution in [0, 0.1) is 0 Å². The Kier molecular flexibility index (Phi) is 4.10. The van der Waals surface area contributed by atoms with Gasteiger partial charge >= 0.3 is 0 Å². The number of halogens is 1. The molecule has 1 heterocycles. The topological polar surface area (TPSA) is 25.8 Å². The minimum absolute atomic E-state index is 0.421. The van der Waals surface area contributed by atoms with Gasteiger partial charge in [0.15, 0.2) is 0 Å². The van der Waals surface area contributed by atoms with Crippen LogP contribution in [0.15, 0.2) is 42.6 Å². The van der Waals surface area contributed by atoms with Crippen molar-refractivity contribution in [3.8, 4) is 0 Å². The average Bonchev–Trinajstić information content (AvgIpc) is 2.39. The maximum absolute atomic E-state index is 5.88. The lowest BCUT2D eigenvalue weighted by Crippen LogP contribution is -2.04. The number of rotatable bonds is 4. The molecular formula is C14H15ClN2. The Bertz CT molecular complexity index is 453.